The van der Waals surface area contributed by atoms with Crippen LogP contribution < -0.4 is 5.32 Å². The lowest BCUT2D eigenvalue weighted by Gasteiger charge is -2.22. The zero-order chi connectivity index (χ0) is 13.1. The maximum absolute atomic E-state index is 10.6. The fourth-order valence-corrected chi connectivity index (χ4v) is 1.27. The topological polar surface area (TPSA) is 88.3 Å². The highest BCUT2D eigenvalue weighted by Crippen LogP contribution is 2.22. The number of nitrogens with one attached hydrogen (secondary N) is 1. The molecule has 1 aromatic rings. The van der Waals surface area contributed by atoms with Crippen molar-refractivity contribution in [2.24, 2.45) is 5.41 Å². The van der Waals surface area contributed by atoms with Gasteiger partial charge < -0.3 is 10.4 Å². The van der Waals surface area contributed by atoms with Gasteiger partial charge in [0.2, 0.25) is 0 Å². The zero-order valence-corrected chi connectivity index (χ0v) is 10.4. The third-order valence-corrected chi connectivity index (χ3v) is 2.36. The summed E-state index contributed by atoms with van der Waals surface area (Å²) >= 11 is 5.67. The molecule has 17 heavy (non-hydrogen) atoms. The molecule has 94 valence electrons. The number of pyridine rings is 1. The number of aromatic nitrogens is 1. The average Bonchev–Trinajstić information content (AvgIpc) is 2.26. The minimum atomic E-state index is -0.532. The maximum atomic E-state index is 10.6. The van der Waals surface area contributed by atoms with E-state index < -0.39 is 4.92 Å². The molecule has 0 spiro atoms. The summed E-state index contributed by atoms with van der Waals surface area (Å²) in [6.07, 6.45) is 0. The van der Waals surface area contributed by atoms with Crippen molar-refractivity contribution in [3.63, 3.8) is 0 Å². The maximum Gasteiger partial charge on any atom is 0.276 e. The predicted molar refractivity (Wildman–Crippen MR) is 65.3 cm³/mol. The Morgan fingerprint density at radius 1 is 1.59 bits per heavy atom. The van der Waals surface area contributed by atoms with Crippen LogP contribution in [0.5, 0.6) is 0 Å². The van der Waals surface area contributed by atoms with E-state index in [0.29, 0.717) is 12.4 Å². The molecule has 0 bridgehead atoms. The van der Waals surface area contributed by atoms with Crippen LogP contribution in [0.1, 0.15) is 13.8 Å². The smallest absolute Gasteiger partial charge is 0.276 e. The van der Waals surface area contributed by atoms with Crippen molar-refractivity contribution < 1.29 is 10.0 Å². The largest absolute Gasteiger partial charge is 0.396 e. The van der Waals surface area contributed by atoms with Gasteiger partial charge in [0.15, 0.2) is 0 Å². The normalized spacial score (nSPS) is 11.3. The van der Waals surface area contributed by atoms with E-state index in [4.69, 9.17) is 16.7 Å². The minimum absolute atomic E-state index is 0.00264. The summed E-state index contributed by atoms with van der Waals surface area (Å²) < 4.78 is 0. The van der Waals surface area contributed by atoms with Crippen molar-refractivity contribution in [1.82, 2.24) is 4.98 Å². The van der Waals surface area contributed by atoms with Gasteiger partial charge in [0.25, 0.3) is 5.69 Å². The molecular weight excluding hydrogens is 246 g/mol. The summed E-state index contributed by atoms with van der Waals surface area (Å²) in [5.41, 5.74) is -0.451. The molecule has 2 N–H and O–H groups in total. The Labute approximate surface area is 104 Å². The Morgan fingerprint density at radius 3 is 2.76 bits per heavy atom. The van der Waals surface area contributed by atoms with Crippen molar-refractivity contribution in [2.75, 3.05) is 18.5 Å². The Bertz CT molecular complexity index is 423. The fraction of sp³-hybridized carbons (Fsp3) is 0.500. The van der Waals surface area contributed by atoms with Gasteiger partial charge in [0, 0.05) is 18.6 Å². The van der Waals surface area contributed by atoms with Crippen LogP contribution in [0.25, 0.3) is 0 Å². The Hall–Kier alpha value is -1.40. The monoisotopic (exact) mass is 259 g/mol. The molecule has 6 nitrogen and oxygen atoms in total. The van der Waals surface area contributed by atoms with Crippen LogP contribution in [0, 0.1) is 15.5 Å². The highest BCUT2D eigenvalue weighted by Gasteiger charge is 2.17. The van der Waals surface area contributed by atoms with E-state index in [1.807, 2.05) is 13.8 Å². The first-order valence-corrected chi connectivity index (χ1v) is 5.38. The molecular formula is C10H14ClN3O3. The van der Waals surface area contributed by atoms with E-state index in [0.717, 1.165) is 0 Å². The second-order valence-electron chi connectivity index (χ2n) is 4.47. The van der Waals surface area contributed by atoms with E-state index >= 15 is 0 Å². The van der Waals surface area contributed by atoms with Gasteiger partial charge in [0.05, 0.1) is 17.1 Å². The number of nitro groups is 1. The molecule has 0 amide bonds. The Kier molecular flexibility index (Phi) is 4.25. The standard InChI is InChI=1S/C10H14ClN3O3/c1-10(2,6-15)5-12-9-4-7(14(16)17)3-8(11)13-9/h3-4,15H,5-6H2,1-2H3,(H,12,13). The van der Waals surface area contributed by atoms with Crippen LogP contribution in [-0.4, -0.2) is 28.2 Å². The minimum Gasteiger partial charge on any atom is -0.396 e. The van der Waals surface area contributed by atoms with Gasteiger partial charge >= 0.3 is 0 Å². The average molecular weight is 260 g/mol. The van der Waals surface area contributed by atoms with Crippen LogP contribution in [0.4, 0.5) is 11.5 Å². The van der Waals surface area contributed by atoms with Crippen molar-refractivity contribution in [3.05, 3.63) is 27.4 Å². The molecule has 0 saturated heterocycles. The molecule has 0 aliphatic heterocycles. The highest BCUT2D eigenvalue weighted by atomic mass is 35.5. The lowest BCUT2D eigenvalue weighted by Crippen LogP contribution is -2.27. The van der Waals surface area contributed by atoms with E-state index in [-0.39, 0.29) is 22.9 Å². The molecule has 0 saturated carbocycles. The predicted octanol–water partition coefficient (Wildman–Crippen LogP) is 2.07. The third-order valence-electron chi connectivity index (χ3n) is 2.17. The van der Waals surface area contributed by atoms with Crippen LogP contribution in [0.3, 0.4) is 0 Å². The number of aliphatic hydroxyl groups excluding tert-OH is 1. The molecule has 1 aromatic heterocycles. The lowest BCUT2D eigenvalue weighted by atomic mass is 9.95. The van der Waals surface area contributed by atoms with E-state index in [9.17, 15) is 10.1 Å². The van der Waals surface area contributed by atoms with Gasteiger partial charge in [-0.3, -0.25) is 10.1 Å². The molecule has 0 aliphatic rings. The van der Waals surface area contributed by atoms with Crippen LogP contribution in [0.2, 0.25) is 5.15 Å². The van der Waals surface area contributed by atoms with Crippen LogP contribution in [-0.2, 0) is 0 Å². The molecule has 1 rings (SSSR count). The summed E-state index contributed by atoms with van der Waals surface area (Å²) in [7, 11) is 0. The van der Waals surface area contributed by atoms with Gasteiger partial charge in [0.1, 0.15) is 11.0 Å². The molecule has 0 aliphatic carbocycles. The second kappa shape index (κ2) is 5.29. The zero-order valence-electron chi connectivity index (χ0n) is 9.61. The van der Waals surface area contributed by atoms with Crippen LogP contribution >= 0.6 is 11.6 Å². The van der Waals surface area contributed by atoms with Crippen molar-refractivity contribution in [1.29, 1.82) is 0 Å². The third kappa shape index (κ3) is 4.16. The Balaban J connectivity index is 2.81. The fourth-order valence-electron chi connectivity index (χ4n) is 1.07. The van der Waals surface area contributed by atoms with Gasteiger partial charge in [-0.2, -0.15) is 0 Å². The Morgan fingerprint density at radius 2 is 2.24 bits per heavy atom. The summed E-state index contributed by atoms with van der Waals surface area (Å²) in [4.78, 5) is 14.0. The van der Waals surface area contributed by atoms with Crippen LogP contribution in [0.15, 0.2) is 12.1 Å². The van der Waals surface area contributed by atoms with E-state index in [1.165, 1.54) is 12.1 Å². The summed E-state index contributed by atoms with van der Waals surface area (Å²) in [5.74, 6) is 0.325. The summed E-state index contributed by atoms with van der Waals surface area (Å²) in [6.45, 7) is 4.16. The molecule has 0 radical (unpaired) electrons. The molecule has 1 heterocycles. The number of hydrogen-bond acceptors (Lipinski definition) is 5. The summed E-state index contributed by atoms with van der Waals surface area (Å²) in [5, 5.41) is 22.7. The number of hydrogen-bond donors (Lipinski definition) is 2. The lowest BCUT2D eigenvalue weighted by molar-refractivity contribution is -0.384. The van der Waals surface area contributed by atoms with Crippen molar-refractivity contribution in [3.8, 4) is 0 Å². The second-order valence-corrected chi connectivity index (χ2v) is 4.85. The van der Waals surface area contributed by atoms with Crippen molar-refractivity contribution >= 4 is 23.1 Å². The van der Waals surface area contributed by atoms with E-state index in [2.05, 4.69) is 10.3 Å². The van der Waals surface area contributed by atoms with Gasteiger partial charge in [-0.25, -0.2) is 4.98 Å². The molecule has 7 heteroatoms. The first kappa shape index (κ1) is 13.7. The van der Waals surface area contributed by atoms with E-state index in [1.54, 1.807) is 0 Å². The number of rotatable bonds is 5. The summed E-state index contributed by atoms with van der Waals surface area (Å²) in [6, 6.07) is 2.49. The first-order valence-electron chi connectivity index (χ1n) is 5.01. The number of anilines is 1. The number of halogens is 1. The highest BCUT2D eigenvalue weighted by molar-refractivity contribution is 6.29. The molecule has 0 atom stereocenters. The van der Waals surface area contributed by atoms with Gasteiger partial charge in [-0.1, -0.05) is 25.4 Å². The molecule has 0 unspecified atom stereocenters. The quantitative estimate of drug-likeness (QED) is 0.480. The molecule has 0 aromatic carbocycles. The van der Waals surface area contributed by atoms with Gasteiger partial charge in [-0.15, -0.1) is 0 Å². The van der Waals surface area contributed by atoms with Gasteiger partial charge in [-0.05, 0) is 0 Å². The first-order chi connectivity index (χ1) is 7.84. The number of nitrogens with zero attached hydrogens (tertiary/aromatic N) is 2. The molecule has 0 fully saturated rings. The number of aliphatic hydroxyl groups is 1. The SMILES string of the molecule is CC(C)(CO)CNc1cc([N+](=O)[O-])cc(Cl)n1. The van der Waals surface area contributed by atoms with Crippen molar-refractivity contribution in [2.45, 2.75) is 13.8 Å².